The lowest BCUT2D eigenvalue weighted by Gasteiger charge is -2.18. The fourth-order valence-electron chi connectivity index (χ4n) is 1.63. The number of hydrogen-bond acceptors (Lipinski definition) is 5. The molecule has 2 aromatic rings. The Bertz CT molecular complexity index is 512. The highest BCUT2D eigenvalue weighted by Crippen LogP contribution is 2.33. The molecule has 17 heavy (non-hydrogen) atoms. The third kappa shape index (κ3) is 2.37. The van der Waals surface area contributed by atoms with Crippen molar-refractivity contribution in [3.63, 3.8) is 0 Å². The van der Waals surface area contributed by atoms with Gasteiger partial charge in [-0.15, -0.1) is 5.10 Å². The van der Waals surface area contributed by atoms with E-state index < -0.39 is 6.10 Å². The molecule has 0 saturated heterocycles. The minimum Gasteiger partial charge on any atom is -0.383 e. The van der Waals surface area contributed by atoms with Crippen LogP contribution in [-0.4, -0.2) is 24.5 Å². The quantitative estimate of drug-likeness (QED) is 0.882. The van der Waals surface area contributed by atoms with Gasteiger partial charge in [-0.2, -0.15) is 5.10 Å². The van der Waals surface area contributed by atoms with E-state index in [0.29, 0.717) is 0 Å². The number of aromatic nitrogens is 4. The Labute approximate surface area is 104 Å². The average Bonchev–Trinajstić information content (AvgIpc) is 2.83. The molecule has 1 unspecified atom stereocenters. The minimum absolute atomic E-state index is 0.120. The van der Waals surface area contributed by atoms with E-state index in [9.17, 15) is 5.11 Å². The molecule has 0 aliphatic rings. The van der Waals surface area contributed by atoms with Crippen molar-refractivity contribution >= 4 is 11.5 Å². The Morgan fingerprint density at radius 2 is 2.12 bits per heavy atom. The van der Waals surface area contributed by atoms with Crippen molar-refractivity contribution in [3.8, 4) is 0 Å². The molecule has 0 bridgehead atoms. The second-order valence-corrected chi connectivity index (χ2v) is 5.87. The SMILES string of the molecule is Cn1cc(C(O)c2snnc2C(C)(C)C)cn1. The van der Waals surface area contributed by atoms with Crippen molar-refractivity contribution in [1.29, 1.82) is 0 Å². The molecule has 0 aliphatic carbocycles. The van der Waals surface area contributed by atoms with E-state index in [1.54, 1.807) is 17.1 Å². The van der Waals surface area contributed by atoms with Gasteiger partial charge < -0.3 is 5.11 Å². The fourth-order valence-corrected chi connectivity index (χ4v) is 2.51. The zero-order valence-electron chi connectivity index (χ0n) is 10.4. The second kappa shape index (κ2) is 4.19. The molecule has 0 fully saturated rings. The van der Waals surface area contributed by atoms with Crippen LogP contribution in [0, 0.1) is 0 Å². The standard InChI is InChI=1S/C11H16N4OS/c1-11(2,3)10-9(17-14-13-10)8(16)7-5-12-15(4)6-7/h5-6,8,16H,1-4H3. The molecule has 0 aromatic carbocycles. The Morgan fingerprint density at radius 1 is 1.41 bits per heavy atom. The van der Waals surface area contributed by atoms with Gasteiger partial charge in [-0.1, -0.05) is 25.3 Å². The normalized spacial score (nSPS) is 13.9. The van der Waals surface area contributed by atoms with Gasteiger partial charge in [0, 0.05) is 24.2 Å². The summed E-state index contributed by atoms with van der Waals surface area (Å²) in [4.78, 5) is 0.797. The molecule has 92 valence electrons. The smallest absolute Gasteiger partial charge is 0.120 e. The zero-order chi connectivity index (χ0) is 12.6. The summed E-state index contributed by atoms with van der Waals surface area (Å²) in [6, 6.07) is 0. The molecule has 5 nitrogen and oxygen atoms in total. The Hall–Kier alpha value is -1.27. The molecule has 1 N–H and O–H groups in total. The summed E-state index contributed by atoms with van der Waals surface area (Å²) in [6.07, 6.45) is 2.77. The Kier molecular flexibility index (Phi) is 3.01. The number of aliphatic hydroxyl groups excluding tert-OH is 1. The van der Waals surface area contributed by atoms with E-state index in [4.69, 9.17) is 0 Å². The first-order chi connectivity index (χ1) is 7.89. The molecule has 0 amide bonds. The fraction of sp³-hybridized carbons (Fsp3) is 0.545. The van der Waals surface area contributed by atoms with Gasteiger partial charge in [0.15, 0.2) is 0 Å². The highest BCUT2D eigenvalue weighted by atomic mass is 32.1. The molecule has 0 saturated carbocycles. The minimum atomic E-state index is -0.696. The van der Waals surface area contributed by atoms with Gasteiger partial charge in [0.1, 0.15) is 6.10 Å². The van der Waals surface area contributed by atoms with E-state index in [1.165, 1.54) is 11.5 Å². The first kappa shape index (κ1) is 12.2. The van der Waals surface area contributed by atoms with E-state index >= 15 is 0 Å². The van der Waals surface area contributed by atoms with Gasteiger partial charge >= 0.3 is 0 Å². The van der Waals surface area contributed by atoms with Crippen LogP contribution in [0.3, 0.4) is 0 Å². The van der Waals surface area contributed by atoms with Crippen LogP contribution in [0.15, 0.2) is 12.4 Å². The number of hydrogen-bond donors (Lipinski definition) is 1. The lowest BCUT2D eigenvalue weighted by molar-refractivity contribution is 0.221. The van der Waals surface area contributed by atoms with Crippen molar-refractivity contribution in [3.05, 3.63) is 28.5 Å². The average molecular weight is 252 g/mol. The van der Waals surface area contributed by atoms with E-state index in [0.717, 1.165) is 16.1 Å². The van der Waals surface area contributed by atoms with E-state index in [-0.39, 0.29) is 5.41 Å². The summed E-state index contributed by atoms with van der Waals surface area (Å²) >= 11 is 1.24. The molecule has 0 aliphatic heterocycles. The van der Waals surface area contributed by atoms with Gasteiger partial charge in [0.2, 0.25) is 0 Å². The van der Waals surface area contributed by atoms with Crippen molar-refractivity contribution in [2.75, 3.05) is 0 Å². The Morgan fingerprint density at radius 3 is 2.65 bits per heavy atom. The summed E-state index contributed by atoms with van der Waals surface area (Å²) in [5.74, 6) is 0. The van der Waals surface area contributed by atoms with Crippen molar-refractivity contribution < 1.29 is 5.11 Å². The predicted molar refractivity (Wildman–Crippen MR) is 65.9 cm³/mol. The largest absolute Gasteiger partial charge is 0.383 e. The van der Waals surface area contributed by atoms with Gasteiger partial charge in [0.05, 0.1) is 16.8 Å². The third-order valence-corrected chi connectivity index (χ3v) is 3.29. The van der Waals surface area contributed by atoms with Gasteiger partial charge in [-0.3, -0.25) is 4.68 Å². The third-order valence-electron chi connectivity index (χ3n) is 2.51. The lowest BCUT2D eigenvalue weighted by atomic mass is 9.90. The molecule has 6 heteroatoms. The second-order valence-electron chi connectivity index (χ2n) is 5.09. The predicted octanol–water partition coefficient (Wildman–Crippen LogP) is 1.65. The van der Waals surface area contributed by atoms with Gasteiger partial charge in [-0.25, -0.2) is 0 Å². The molecule has 2 heterocycles. The number of nitrogens with zero attached hydrogens (tertiary/aromatic N) is 4. The number of aryl methyl sites for hydroxylation is 1. The molecule has 0 radical (unpaired) electrons. The van der Waals surface area contributed by atoms with Crippen LogP contribution in [0.4, 0.5) is 0 Å². The number of rotatable bonds is 2. The molecule has 2 aromatic heterocycles. The summed E-state index contributed by atoms with van der Waals surface area (Å²) in [6.45, 7) is 6.18. The van der Waals surface area contributed by atoms with Crippen LogP contribution in [0.25, 0.3) is 0 Å². The summed E-state index contributed by atoms with van der Waals surface area (Å²) in [7, 11) is 1.83. The summed E-state index contributed by atoms with van der Waals surface area (Å²) < 4.78 is 5.62. The molecule has 2 rings (SSSR count). The molecular weight excluding hydrogens is 236 g/mol. The van der Waals surface area contributed by atoms with E-state index in [2.05, 4.69) is 35.5 Å². The van der Waals surface area contributed by atoms with Crippen molar-refractivity contribution in [1.82, 2.24) is 19.4 Å². The number of aliphatic hydroxyl groups is 1. The maximum Gasteiger partial charge on any atom is 0.120 e. The molecule has 0 spiro atoms. The van der Waals surface area contributed by atoms with Crippen LogP contribution in [-0.2, 0) is 12.5 Å². The topological polar surface area (TPSA) is 63.8 Å². The highest BCUT2D eigenvalue weighted by molar-refractivity contribution is 7.05. The van der Waals surface area contributed by atoms with Crippen LogP contribution in [0.2, 0.25) is 0 Å². The zero-order valence-corrected chi connectivity index (χ0v) is 11.2. The van der Waals surface area contributed by atoms with Crippen LogP contribution in [0.5, 0.6) is 0 Å². The van der Waals surface area contributed by atoms with Crippen LogP contribution in [0.1, 0.15) is 43.0 Å². The van der Waals surface area contributed by atoms with Gasteiger partial charge in [0.25, 0.3) is 0 Å². The summed E-state index contributed by atoms with van der Waals surface area (Å²) in [5, 5.41) is 18.5. The van der Waals surface area contributed by atoms with Crippen LogP contribution < -0.4 is 0 Å². The van der Waals surface area contributed by atoms with Crippen molar-refractivity contribution in [2.24, 2.45) is 7.05 Å². The maximum absolute atomic E-state index is 10.3. The van der Waals surface area contributed by atoms with Gasteiger partial charge in [-0.05, 0) is 11.5 Å². The highest BCUT2D eigenvalue weighted by Gasteiger charge is 2.27. The first-order valence-corrected chi connectivity index (χ1v) is 6.16. The monoisotopic (exact) mass is 252 g/mol. The summed E-state index contributed by atoms with van der Waals surface area (Å²) in [5.41, 5.74) is 1.49. The molecule has 1 atom stereocenters. The maximum atomic E-state index is 10.3. The van der Waals surface area contributed by atoms with Crippen LogP contribution >= 0.6 is 11.5 Å². The first-order valence-electron chi connectivity index (χ1n) is 5.39. The molecular formula is C11H16N4OS. The van der Waals surface area contributed by atoms with E-state index in [1.807, 2.05) is 7.05 Å². The lowest BCUT2D eigenvalue weighted by Crippen LogP contribution is -2.15. The van der Waals surface area contributed by atoms with Crippen molar-refractivity contribution in [2.45, 2.75) is 32.3 Å². The Balaban J connectivity index is 2.38.